The number of carbonyl (C=O) groups is 2. The van der Waals surface area contributed by atoms with Gasteiger partial charge in [0.15, 0.2) is 0 Å². The fourth-order valence-electron chi connectivity index (χ4n) is 3.34. The predicted molar refractivity (Wildman–Crippen MR) is 114 cm³/mol. The molecule has 0 atom stereocenters. The average Bonchev–Trinajstić information content (AvgIpc) is 3.18. The lowest BCUT2D eigenvalue weighted by molar-refractivity contribution is 0.0574. The van der Waals surface area contributed by atoms with Crippen LogP contribution in [0.15, 0.2) is 23.6 Å². The van der Waals surface area contributed by atoms with E-state index in [1.54, 1.807) is 16.7 Å². The van der Waals surface area contributed by atoms with E-state index in [9.17, 15) is 9.59 Å². The van der Waals surface area contributed by atoms with Crippen molar-refractivity contribution in [3.8, 4) is 5.75 Å². The van der Waals surface area contributed by atoms with E-state index in [1.165, 1.54) is 22.5 Å². The Kier molecular flexibility index (Phi) is 6.79. The highest BCUT2D eigenvalue weighted by atomic mass is 32.1. The molecule has 3 rings (SSSR count). The van der Waals surface area contributed by atoms with Gasteiger partial charge in [0.2, 0.25) is 0 Å². The summed E-state index contributed by atoms with van der Waals surface area (Å²) in [6.07, 6.45) is -0.308. The van der Waals surface area contributed by atoms with Crippen molar-refractivity contribution in [2.45, 2.75) is 34.3 Å². The van der Waals surface area contributed by atoms with Crippen LogP contribution in [0.5, 0.6) is 5.75 Å². The Morgan fingerprint density at radius 3 is 2.41 bits per heavy atom. The zero-order chi connectivity index (χ0) is 21.0. The molecule has 1 aliphatic rings. The highest BCUT2D eigenvalue weighted by Crippen LogP contribution is 2.25. The van der Waals surface area contributed by atoms with Crippen LogP contribution in [0.4, 0.5) is 4.79 Å². The molecule has 1 fully saturated rings. The Balaban J connectivity index is 1.56. The van der Waals surface area contributed by atoms with Gasteiger partial charge in [-0.1, -0.05) is 6.07 Å². The largest absolute Gasteiger partial charge is 0.489 e. The molecule has 0 unspecified atom stereocenters. The number of benzene rings is 1. The van der Waals surface area contributed by atoms with Crippen LogP contribution >= 0.6 is 11.3 Å². The summed E-state index contributed by atoms with van der Waals surface area (Å²) < 4.78 is 11.0. The number of hydrogen-bond donors (Lipinski definition) is 0. The zero-order valence-electron chi connectivity index (χ0n) is 17.5. The summed E-state index contributed by atoms with van der Waals surface area (Å²) in [6.45, 7) is 10.8. The van der Waals surface area contributed by atoms with Gasteiger partial charge in [-0.05, 0) is 61.9 Å². The number of piperazine rings is 1. The molecule has 29 heavy (non-hydrogen) atoms. The van der Waals surface area contributed by atoms with Crippen LogP contribution in [0.3, 0.4) is 0 Å². The number of hydrogen-bond acceptors (Lipinski definition) is 5. The number of aryl methyl sites for hydroxylation is 2. The Labute approximate surface area is 176 Å². The highest BCUT2D eigenvalue weighted by Gasteiger charge is 2.26. The van der Waals surface area contributed by atoms with Gasteiger partial charge in [-0.15, -0.1) is 11.3 Å². The second kappa shape index (κ2) is 9.31. The molecule has 1 aromatic carbocycles. The van der Waals surface area contributed by atoms with Crippen molar-refractivity contribution in [3.05, 3.63) is 50.7 Å². The SMILES string of the molecule is CCOC(=O)N1CCN(C(=O)c2cc(COc3cc(C)cc(C)c3C)cs2)CC1. The Bertz CT molecular complexity index is 885. The maximum atomic E-state index is 12.8. The highest BCUT2D eigenvalue weighted by molar-refractivity contribution is 7.12. The molecular formula is C22H28N2O4S. The lowest BCUT2D eigenvalue weighted by Gasteiger charge is -2.33. The first-order valence-electron chi connectivity index (χ1n) is 9.88. The molecule has 6 nitrogen and oxygen atoms in total. The number of ether oxygens (including phenoxy) is 2. The monoisotopic (exact) mass is 416 g/mol. The Hall–Kier alpha value is -2.54. The summed E-state index contributed by atoms with van der Waals surface area (Å²) in [6, 6.07) is 6.09. The molecule has 2 amide bonds. The van der Waals surface area contributed by atoms with E-state index in [0.717, 1.165) is 16.9 Å². The maximum Gasteiger partial charge on any atom is 0.409 e. The molecule has 0 bridgehead atoms. The first kappa shape index (κ1) is 21.2. The number of thiophene rings is 1. The van der Waals surface area contributed by atoms with Crippen LogP contribution in [-0.2, 0) is 11.3 Å². The first-order valence-corrected chi connectivity index (χ1v) is 10.8. The van der Waals surface area contributed by atoms with Gasteiger partial charge in [0.25, 0.3) is 5.91 Å². The standard InChI is InChI=1S/C22H28N2O4S/c1-5-27-22(26)24-8-6-23(7-9-24)21(25)20-12-18(14-29-20)13-28-19-11-15(2)10-16(3)17(19)4/h10-12,14H,5-9,13H2,1-4H3. The topological polar surface area (TPSA) is 59.1 Å². The van der Waals surface area contributed by atoms with E-state index in [2.05, 4.69) is 26.8 Å². The van der Waals surface area contributed by atoms with Crippen molar-refractivity contribution >= 4 is 23.3 Å². The second-order valence-corrected chi connectivity index (χ2v) is 8.20. The number of amides is 2. The minimum atomic E-state index is -0.308. The number of nitrogens with zero attached hydrogens (tertiary/aromatic N) is 2. The average molecular weight is 417 g/mol. The molecule has 7 heteroatoms. The van der Waals surface area contributed by atoms with Gasteiger partial charge in [-0.25, -0.2) is 4.79 Å². The van der Waals surface area contributed by atoms with Crippen LogP contribution in [-0.4, -0.2) is 54.6 Å². The molecule has 0 N–H and O–H groups in total. The summed E-state index contributed by atoms with van der Waals surface area (Å²) in [5.74, 6) is 0.893. The van der Waals surface area contributed by atoms with E-state index in [0.29, 0.717) is 44.3 Å². The van der Waals surface area contributed by atoms with E-state index in [-0.39, 0.29) is 12.0 Å². The van der Waals surface area contributed by atoms with E-state index < -0.39 is 0 Å². The molecular weight excluding hydrogens is 388 g/mol. The van der Waals surface area contributed by atoms with E-state index in [4.69, 9.17) is 9.47 Å². The van der Waals surface area contributed by atoms with Gasteiger partial charge in [0, 0.05) is 31.7 Å². The Morgan fingerprint density at radius 2 is 1.72 bits per heavy atom. The molecule has 1 aliphatic heterocycles. The maximum absolute atomic E-state index is 12.8. The van der Waals surface area contributed by atoms with Crippen molar-refractivity contribution in [1.82, 2.24) is 9.80 Å². The number of carbonyl (C=O) groups excluding carboxylic acids is 2. The van der Waals surface area contributed by atoms with Gasteiger partial charge >= 0.3 is 6.09 Å². The fraction of sp³-hybridized carbons (Fsp3) is 0.455. The van der Waals surface area contributed by atoms with Gasteiger partial charge in [0.05, 0.1) is 11.5 Å². The van der Waals surface area contributed by atoms with Crippen LogP contribution < -0.4 is 4.74 Å². The summed E-state index contributed by atoms with van der Waals surface area (Å²) >= 11 is 1.44. The summed E-state index contributed by atoms with van der Waals surface area (Å²) in [4.78, 5) is 28.7. The lowest BCUT2D eigenvalue weighted by atomic mass is 10.1. The quantitative estimate of drug-likeness (QED) is 0.734. The van der Waals surface area contributed by atoms with Crippen molar-refractivity contribution < 1.29 is 19.1 Å². The van der Waals surface area contributed by atoms with Crippen molar-refractivity contribution in [2.24, 2.45) is 0 Å². The smallest absolute Gasteiger partial charge is 0.409 e. The molecule has 2 aromatic rings. The predicted octanol–water partition coefficient (Wildman–Crippen LogP) is 4.17. The second-order valence-electron chi connectivity index (χ2n) is 7.29. The van der Waals surface area contributed by atoms with Crippen LogP contribution in [0.25, 0.3) is 0 Å². The molecule has 156 valence electrons. The first-order chi connectivity index (χ1) is 13.9. The van der Waals surface area contributed by atoms with Crippen LogP contribution in [0.1, 0.15) is 38.8 Å². The minimum absolute atomic E-state index is 0.00680. The summed E-state index contributed by atoms with van der Waals surface area (Å²) in [5.41, 5.74) is 4.51. The fourth-order valence-corrected chi connectivity index (χ4v) is 4.20. The molecule has 0 radical (unpaired) electrons. The Morgan fingerprint density at radius 1 is 1.03 bits per heavy atom. The molecule has 1 aromatic heterocycles. The normalized spacial score (nSPS) is 14.1. The third kappa shape index (κ3) is 5.09. The third-order valence-electron chi connectivity index (χ3n) is 5.12. The van der Waals surface area contributed by atoms with Crippen molar-refractivity contribution in [3.63, 3.8) is 0 Å². The van der Waals surface area contributed by atoms with Crippen molar-refractivity contribution in [1.29, 1.82) is 0 Å². The molecule has 0 spiro atoms. The minimum Gasteiger partial charge on any atom is -0.489 e. The summed E-state index contributed by atoms with van der Waals surface area (Å²) in [5, 5.41) is 1.97. The van der Waals surface area contributed by atoms with E-state index >= 15 is 0 Å². The molecule has 1 saturated heterocycles. The van der Waals surface area contributed by atoms with Crippen LogP contribution in [0, 0.1) is 20.8 Å². The molecule has 2 heterocycles. The van der Waals surface area contributed by atoms with E-state index in [1.807, 2.05) is 17.5 Å². The van der Waals surface area contributed by atoms with Crippen molar-refractivity contribution in [2.75, 3.05) is 32.8 Å². The van der Waals surface area contributed by atoms with Gasteiger partial charge < -0.3 is 19.3 Å². The number of rotatable bonds is 5. The zero-order valence-corrected chi connectivity index (χ0v) is 18.3. The van der Waals surface area contributed by atoms with Crippen LogP contribution in [0.2, 0.25) is 0 Å². The van der Waals surface area contributed by atoms with Gasteiger partial charge in [-0.2, -0.15) is 0 Å². The third-order valence-corrected chi connectivity index (χ3v) is 6.08. The lowest BCUT2D eigenvalue weighted by Crippen LogP contribution is -2.50. The summed E-state index contributed by atoms with van der Waals surface area (Å²) in [7, 11) is 0. The van der Waals surface area contributed by atoms with Gasteiger partial charge in [0.1, 0.15) is 12.4 Å². The molecule has 0 aliphatic carbocycles. The van der Waals surface area contributed by atoms with Gasteiger partial charge in [-0.3, -0.25) is 4.79 Å². The molecule has 0 saturated carbocycles.